The number of hydrogen-bond donors (Lipinski definition) is 3. The number of unbranched alkanes of at least 4 members (excludes halogenated alkanes) is 48. The summed E-state index contributed by atoms with van der Waals surface area (Å²) >= 11 is 0. The Morgan fingerprint density at radius 1 is 0.375 bits per heavy atom. The van der Waals surface area contributed by atoms with Crippen LogP contribution in [0.25, 0.3) is 0 Å². The van der Waals surface area contributed by atoms with Crippen LogP contribution in [0, 0.1) is 0 Å². The Kier molecular flexibility index (Phi) is 60.5. The zero-order valence-electron chi connectivity index (χ0n) is 48.7. The molecule has 0 aromatic carbocycles. The van der Waals surface area contributed by atoms with Crippen molar-refractivity contribution in [2.24, 2.45) is 0 Å². The standard InChI is InChI=1S/C66H127NO5/c1-3-5-7-9-11-13-15-16-17-32-35-39-42-46-50-54-58-64(69)63(62-68)67-65(70)59-55-51-47-43-40-36-33-30-28-26-24-22-20-18-19-21-23-25-27-29-31-34-37-41-45-49-53-57-61-72-66(71)60-56-52-48-44-38-14-12-10-8-6-4-2/h18-19,54,58,63-64,68-69H,3-17,20-53,55-57,59-62H2,1-2H3,(H,67,70)/b19-18-,58-54+. The third-order valence-corrected chi connectivity index (χ3v) is 15.2. The fourth-order valence-corrected chi connectivity index (χ4v) is 10.2. The molecule has 6 heteroatoms. The molecule has 0 rings (SSSR count). The molecule has 0 fully saturated rings. The van der Waals surface area contributed by atoms with Gasteiger partial charge in [0.05, 0.1) is 25.4 Å². The van der Waals surface area contributed by atoms with Crippen LogP contribution in [0.5, 0.6) is 0 Å². The van der Waals surface area contributed by atoms with Crippen molar-refractivity contribution in [2.75, 3.05) is 13.2 Å². The van der Waals surface area contributed by atoms with E-state index < -0.39 is 12.1 Å². The van der Waals surface area contributed by atoms with E-state index in [1.165, 1.54) is 295 Å². The third kappa shape index (κ3) is 57.6. The highest BCUT2D eigenvalue weighted by atomic mass is 16.5. The zero-order valence-corrected chi connectivity index (χ0v) is 48.7. The number of aliphatic hydroxyl groups excluding tert-OH is 2. The van der Waals surface area contributed by atoms with Gasteiger partial charge >= 0.3 is 5.97 Å². The molecular weight excluding hydrogens is 887 g/mol. The van der Waals surface area contributed by atoms with Gasteiger partial charge in [0.25, 0.3) is 0 Å². The van der Waals surface area contributed by atoms with Gasteiger partial charge in [0.1, 0.15) is 0 Å². The third-order valence-electron chi connectivity index (χ3n) is 15.2. The lowest BCUT2D eigenvalue weighted by atomic mass is 10.0. The van der Waals surface area contributed by atoms with E-state index in [-0.39, 0.29) is 18.5 Å². The molecule has 0 saturated heterocycles. The van der Waals surface area contributed by atoms with Crippen LogP contribution >= 0.6 is 0 Å². The number of carbonyl (C=O) groups is 2. The average Bonchev–Trinajstić information content (AvgIpc) is 3.38. The SMILES string of the molecule is CCCCCCCCCCCCCCCC/C=C/C(O)C(CO)NC(=O)CCCCCCCCCCCCCC/C=C\CCCCCCCCCCCCCCOC(=O)CCCCCCCCCCCCC. The molecular formula is C66H127NO5. The fourth-order valence-electron chi connectivity index (χ4n) is 10.2. The first kappa shape index (κ1) is 70.3. The second-order valence-corrected chi connectivity index (χ2v) is 22.5. The quantitative estimate of drug-likeness (QED) is 0.0320. The molecule has 0 bridgehead atoms. The van der Waals surface area contributed by atoms with Crippen LogP contribution in [-0.4, -0.2) is 47.4 Å². The first-order valence-corrected chi connectivity index (χ1v) is 32.6. The van der Waals surface area contributed by atoms with Crippen molar-refractivity contribution in [2.45, 2.75) is 373 Å². The summed E-state index contributed by atoms with van der Waals surface area (Å²) in [6.07, 6.45) is 76.6. The highest BCUT2D eigenvalue weighted by Crippen LogP contribution is 2.18. The minimum absolute atomic E-state index is 0.0155. The highest BCUT2D eigenvalue weighted by Gasteiger charge is 2.18. The number of amides is 1. The maximum atomic E-state index is 12.5. The summed E-state index contributed by atoms with van der Waals surface area (Å²) in [4.78, 5) is 24.5. The number of carbonyl (C=O) groups excluding carboxylic acids is 2. The average molecular weight is 1010 g/mol. The van der Waals surface area contributed by atoms with Gasteiger partial charge in [-0.15, -0.1) is 0 Å². The molecule has 6 nitrogen and oxygen atoms in total. The maximum absolute atomic E-state index is 12.5. The molecule has 0 radical (unpaired) electrons. The summed E-state index contributed by atoms with van der Waals surface area (Å²) in [5, 5.41) is 23.2. The Balaban J connectivity index is 3.40. The highest BCUT2D eigenvalue weighted by molar-refractivity contribution is 5.76. The molecule has 426 valence electrons. The molecule has 0 aliphatic rings. The van der Waals surface area contributed by atoms with E-state index >= 15 is 0 Å². The molecule has 3 N–H and O–H groups in total. The van der Waals surface area contributed by atoms with E-state index in [1.54, 1.807) is 6.08 Å². The van der Waals surface area contributed by atoms with Crippen molar-refractivity contribution in [1.82, 2.24) is 5.32 Å². The summed E-state index contributed by atoms with van der Waals surface area (Å²) in [6, 6.07) is -0.627. The number of aliphatic hydroxyl groups is 2. The van der Waals surface area contributed by atoms with Crippen LogP contribution in [0.3, 0.4) is 0 Å². The van der Waals surface area contributed by atoms with Crippen molar-refractivity contribution in [3.05, 3.63) is 24.3 Å². The van der Waals surface area contributed by atoms with Crippen LogP contribution in [0.15, 0.2) is 24.3 Å². The molecule has 1 amide bonds. The number of nitrogens with one attached hydrogen (secondary N) is 1. The van der Waals surface area contributed by atoms with Gasteiger partial charge in [0.15, 0.2) is 0 Å². The topological polar surface area (TPSA) is 95.9 Å². The van der Waals surface area contributed by atoms with Crippen molar-refractivity contribution in [3.8, 4) is 0 Å². The van der Waals surface area contributed by atoms with Gasteiger partial charge < -0.3 is 20.3 Å². The van der Waals surface area contributed by atoms with E-state index in [9.17, 15) is 19.8 Å². The first-order valence-electron chi connectivity index (χ1n) is 32.6. The van der Waals surface area contributed by atoms with E-state index in [0.717, 1.165) is 38.5 Å². The van der Waals surface area contributed by atoms with Crippen LogP contribution in [0.2, 0.25) is 0 Å². The van der Waals surface area contributed by atoms with Crippen LogP contribution in [-0.2, 0) is 14.3 Å². The lowest BCUT2D eigenvalue weighted by Crippen LogP contribution is -2.45. The van der Waals surface area contributed by atoms with Crippen molar-refractivity contribution in [3.63, 3.8) is 0 Å². The Labute approximate surface area is 450 Å². The summed E-state index contributed by atoms with van der Waals surface area (Å²) in [7, 11) is 0. The predicted octanol–water partition coefficient (Wildman–Crippen LogP) is 20.6. The lowest BCUT2D eigenvalue weighted by molar-refractivity contribution is -0.143. The normalized spacial score (nSPS) is 12.7. The molecule has 0 aliphatic carbocycles. The van der Waals surface area contributed by atoms with E-state index in [2.05, 4.69) is 31.3 Å². The van der Waals surface area contributed by atoms with Gasteiger partial charge in [-0.25, -0.2) is 0 Å². The second kappa shape index (κ2) is 61.9. The van der Waals surface area contributed by atoms with Crippen LogP contribution < -0.4 is 5.32 Å². The predicted molar refractivity (Wildman–Crippen MR) is 315 cm³/mol. The van der Waals surface area contributed by atoms with Gasteiger partial charge in [0, 0.05) is 12.8 Å². The summed E-state index contributed by atoms with van der Waals surface area (Å²) < 4.78 is 5.47. The Bertz CT molecular complexity index is 1120. The largest absolute Gasteiger partial charge is 0.466 e. The van der Waals surface area contributed by atoms with Crippen LogP contribution in [0.4, 0.5) is 0 Å². The molecule has 0 aromatic heterocycles. The minimum atomic E-state index is -0.844. The lowest BCUT2D eigenvalue weighted by Gasteiger charge is -2.20. The van der Waals surface area contributed by atoms with Gasteiger partial charge in [-0.05, 0) is 57.8 Å². The van der Waals surface area contributed by atoms with E-state index in [4.69, 9.17) is 4.74 Å². The summed E-state index contributed by atoms with van der Waals surface area (Å²) in [5.41, 5.74) is 0. The molecule has 2 unspecified atom stereocenters. The summed E-state index contributed by atoms with van der Waals surface area (Å²) in [5.74, 6) is -0.0501. The van der Waals surface area contributed by atoms with Crippen LogP contribution in [0.1, 0.15) is 361 Å². The van der Waals surface area contributed by atoms with Gasteiger partial charge in [-0.3, -0.25) is 9.59 Å². The van der Waals surface area contributed by atoms with Crippen molar-refractivity contribution in [1.29, 1.82) is 0 Å². The van der Waals surface area contributed by atoms with Gasteiger partial charge in [0.2, 0.25) is 5.91 Å². The molecule has 0 aromatic rings. The van der Waals surface area contributed by atoms with E-state index in [1.807, 2.05) is 6.08 Å². The molecule has 0 spiro atoms. The molecule has 2 atom stereocenters. The van der Waals surface area contributed by atoms with Crippen molar-refractivity contribution >= 4 is 11.9 Å². The monoisotopic (exact) mass is 1010 g/mol. The fraction of sp³-hybridized carbons (Fsp3) is 0.909. The number of hydrogen-bond acceptors (Lipinski definition) is 5. The van der Waals surface area contributed by atoms with Crippen molar-refractivity contribution < 1.29 is 24.5 Å². The number of ether oxygens (including phenoxy) is 1. The zero-order chi connectivity index (χ0) is 52.2. The van der Waals surface area contributed by atoms with E-state index in [0.29, 0.717) is 19.4 Å². The van der Waals surface area contributed by atoms with Gasteiger partial charge in [-0.1, -0.05) is 314 Å². The number of esters is 1. The Morgan fingerprint density at radius 3 is 0.986 bits per heavy atom. The van der Waals surface area contributed by atoms with Gasteiger partial charge in [-0.2, -0.15) is 0 Å². The number of rotatable bonds is 61. The second-order valence-electron chi connectivity index (χ2n) is 22.5. The molecule has 0 aliphatic heterocycles. The maximum Gasteiger partial charge on any atom is 0.305 e. The summed E-state index contributed by atoms with van der Waals surface area (Å²) in [6.45, 7) is 4.92. The smallest absolute Gasteiger partial charge is 0.305 e. The Hall–Kier alpha value is -1.66. The molecule has 0 heterocycles. The Morgan fingerprint density at radius 2 is 0.653 bits per heavy atom. The number of allylic oxidation sites excluding steroid dienone is 3. The molecule has 72 heavy (non-hydrogen) atoms. The first-order chi connectivity index (χ1) is 35.5. The molecule has 0 saturated carbocycles. The minimum Gasteiger partial charge on any atom is -0.466 e.